The van der Waals surface area contributed by atoms with E-state index in [9.17, 15) is 5.11 Å². The largest absolute Gasteiger partial charge is 0.457 e. The average molecular weight is 295 g/mol. The van der Waals surface area contributed by atoms with Crippen molar-refractivity contribution in [3.8, 4) is 11.5 Å². The van der Waals surface area contributed by atoms with Crippen molar-refractivity contribution in [2.24, 2.45) is 0 Å². The first kappa shape index (κ1) is 14.4. The molecule has 0 aliphatic heterocycles. The second-order valence-electron chi connectivity index (χ2n) is 4.98. The third-order valence-electron chi connectivity index (χ3n) is 3.35. The topological polar surface area (TPSA) is 55.5 Å². The number of ether oxygens (including phenoxy) is 1. The molecule has 0 fully saturated rings. The number of para-hydroxylation sites is 1. The summed E-state index contributed by atoms with van der Waals surface area (Å²) in [7, 11) is 0. The lowest BCUT2D eigenvalue weighted by atomic mass is 10.1. The summed E-state index contributed by atoms with van der Waals surface area (Å²) in [6.07, 6.45) is 3.65. The van der Waals surface area contributed by atoms with Gasteiger partial charge in [-0.1, -0.05) is 30.3 Å². The number of nitrogens with zero attached hydrogens (tertiary/aromatic N) is 1. The van der Waals surface area contributed by atoms with E-state index in [1.165, 1.54) is 12.5 Å². The molecule has 0 spiro atoms. The van der Waals surface area contributed by atoms with Crippen LogP contribution in [0, 0.1) is 0 Å². The highest BCUT2D eigenvalue weighted by molar-refractivity contribution is 5.33. The summed E-state index contributed by atoms with van der Waals surface area (Å²) >= 11 is 0. The van der Waals surface area contributed by atoms with Crippen LogP contribution in [0.15, 0.2) is 71.5 Å². The smallest absolute Gasteiger partial charge is 0.222 e. The Hall–Kier alpha value is -2.59. The second kappa shape index (κ2) is 6.91. The fraction of sp³-hybridized carbons (Fsp3) is 0.167. The minimum Gasteiger partial charge on any atom is -0.457 e. The number of aromatic nitrogens is 1. The Labute approximate surface area is 129 Å². The van der Waals surface area contributed by atoms with Gasteiger partial charge >= 0.3 is 0 Å². The fourth-order valence-corrected chi connectivity index (χ4v) is 2.17. The number of aliphatic hydroxyl groups is 1. The van der Waals surface area contributed by atoms with Crippen LogP contribution in [0.25, 0.3) is 0 Å². The van der Waals surface area contributed by atoms with E-state index in [1.54, 1.807) is 0 Å². The van der Waals surface area contributed by atoms with Crippen LogP contribution in [-0.2, 0) is 6.42 Å². The van der Waals surface area contributed by atoms with Gasteiger partial charge in [-0.3, -0.25) is 0 Å². The number of rotatable bonds is 6. The number of benzene rings is 2. The number of aliphatic hydroxyl groups excluding tert-OH is 1. The van der Waals surface area contributed by atoms with Crippen molar-refractivity contribution in [3.63, 3.8) is 0 Å². The molecule has 2 aromatic carbocycles. The van der Waals surface area contributed by atoms with Crippen molar-refractivity contribution in [1.82, 2.24) is 4.98 Å². The summed E-state index contributed by atoms with van der Waals surface area (Å²) in [5.74, 6) is 1.97. The molecule has 3 aromatic rings. The zero-order valence-corrected chi connectivity index (χ0v) is 12.1. The Morgan fingerprint density at radius 1 is 1.00 bits per heavy atom. The average Bonchev–Trinajstić information content (AvgIpc) is 3.09. The number of hydrogen-bond acceptors (Lipinski definition) is 4. The van der Waals surface area contributed by atoms with Crippen LogP contribution in [0.5, 0.6) is 11.5 Å². The summed E-state index contributed by atoms with van der Waals surface area (Å²) in [4.78, 5) is 3.95. The maximum absolute atomic E-state index is 9.94. The number of oxazole rings is 1. The van der Waals surface area contributed by atoms with E-state index in [-0.39, 0.29) is 0 Å². The van der Waals surface area contributed by atoms with Crippen LogP contribution < -0.4 is 4.74 Å². The molecule has 0 saturated carbocycles. The molecule has 1 heterocycles. The molecule has 1 N–H and O–H groups in total. The molecule has 0 radical (unpaired) electrons. The molecule has 0 aliphatic rings. The summed E-state index contributed by atoms with van der Waals surface area (Å²) in [5, 5.41) is 9.94. The maximum atomic E-state index is 9.94. The molecule has 1 aromatic heterocycles. The quantitative estimate of drug-likeness (QED) is 0.742. The Bertz CT molecular complexity index is 678. The van der Waals surface area contributed by atoms with Crippen LogP contribution in [0.2, 0.25) is 0 Å². The first-order chi connectivity index (χ1) is 10.8. The van der Waals surface area contributed by atoms with E-state index in [2.05, 4.69) is 4.98 Å². The predicted molar refractivity (Wildman–Crippen MR) is 82.7 cm³/mol. The third-order valence-corrected chi connectivity index (χ3v) is 3.35. The minimum absolute atomic E-state index is 0.365. The van der Waals surface area contributed by atoms with Gasteiger partial charge in [0.25, 0.3) is 0 Å². The van der Waals surface area contributed by atoms with Gasteiger partial charge in [0.15, 0.2) is 0 Å². The highest BCUT2D eigenvalue weighted by Gasteiger charge is 2.11. The minimum atomic E-state index is -0.671. The van der Waals surface area contributed by atoms with Crippen molar-refractivity contribution < 1.29 is 14.3 Å². The first-order valence-corrected chi connectivity index (χ1v) is 7.20. The normalized spacial score (nSPS) is 12.0. The number of aryl methyl sites for hydroxylation is 1. The van der Waals surface area contributed by atoms with Gasteiger partial charge in [0, 0.05) is 0 Å². The zero-order chi connectivity index (χ0) is 15.2. The van der Waals surface area contributed by atoms with E-state index in [0.29, 0.717) is 12.3 Å². The molecule has 112 valence electrons. The van der Waals surface area contributed by atoms with Crippen molar-refractivity contribution >= 4 is 0 Å². The predicted octanol–water partition coefficient (Wildman–Crippen LogP) is 4.13. The molecule has 0 saturated heterocycles. The first-order valence-electron chi connectivity index (χ1n) is 7.20. The fourth-order valence-electron chi connectivity index (χ4n) is 2.17. The standard InChI is InChI=1S/C18H17NO3/c20-17(18-19-12-13-21-18)11-8-14-6-9-16(10-7-14)22-15-4-2-1-3-5-15/h1-7,9-10,12-13,17,20H,8,11H2. The van der Waals surface area contributed by atoms with Gasteiger partial charge in [-0.25, -0.2) is 4.98 Å². The maximum Gasteiger partial charge on any atom is 0.222 e. The van der Waals surface area contributed by atoms with Crippen molar-refractivity contribution in [2.75, 3.05) is 0 Å². The Morgan fingerprint density at radius 3 is 2.41 bits per heavy atom. The van der Waals surface area contributed by atoms with Crippen molar-refractivity contribution in [3.05, 3.63) is 78.5 Å². The molecule has 1 atom stereocenters. The SMILES string of the molecule is OC(CCc1ccc(Oc2ccccc2)cc1)c1ncco1. The highest BCUT2D eigenvalue weighted by Crippen LogP contribution is 2.23. The lowest BCUT2D eigenvalue weighted by Gasteiger charge is -2.08. The molecule has 0 bridgehead atoms. The van der Waals surface area contributed by atoms with Gasteiger partial charge in [0.2, 0.25) is 5.89 Å². The highest BCUT2D eigenvalue weighted by atomic mass is 16.5. The molecule has 22 heavy (non-hydrogen) atoms. The molecule has 4 nitrogen and oxygen atoms in total. The molecular formula is C18H17NO3. The van der Waals surface area contributed by atoms with Crippen LogP contribution in [0.3, 0.4) is 0 Å². The second-order valence-corrected chi connectivity index (χ2v) is 4.98. The zero-order valence-electron chi connectivity index (χ0n) is 12.1. The van der Waals surface area contributed by atoms with Gasteiger partial charge in [-0.05, 0) is 42.7 Å². The Balaban J connectivity index is 1.55. The molecular weight excluding hydrogens is 278 g/mol. The molecule has 1 unspecified atom stereocenters. The molecule has 0 amide bonds. The van der Waals surface area contributed by atoms with Gasteiger partial charge in [0.1, 0.15) is 23.9 Å². The van der Waals surface area contributed by atoms with Crippen LogP contribution in [0.4, 0.5) is 0 Å². The van der Waals surface area contributed by atoms with E-state index in [0.717, 1.165) is 23.5 Å². The van der Waals surface area contributed by atoms with Gasteiger partial charge in [-0.2, -0.15) is 0 Å². The van der Waals surface area contributed by atoms with E-state index >= 15 is 0 Å². The third kappa shape index (κ3) is 3.74. The van der Waals surface area contributed by atoms with Gasteiger partial charge in [0.05, 0.1) is 6.20 Å². The van der Waals surface area contributed by atoms with E-state index in [1.807, 2.05) is 54.6 Å². The molecule has 3 rings (SSSR count). The molecule has 4 heteroatoms. The Morgan fingerprint density at radius 2 is 1.73 bits per heavy atom. The summed E-state index contributed by atoms with van der Waals surface area (Å²) < 4.78 is 10.8. The van der Waals surface area contributed by atoms with Crippen molar-refractivity contribution in [2.45, 2.75) is 18.9 Å². The van der Waals surface area contributed by atoms with Gasteiger partial charge in [-0.15, -0.1) is 0 Å². The summed E-state index contributed by atoms with van der Waals surface area (Å²) in [5.41, 5.74) is 1.13. The van der Waals surface area contributed by atoms with Crippen LogP contribution in [-0.4, -0.2) is 10.1 Å². The lowest BCUT2D eigenvalue weighted by molar-refractivity contribution is 0.134. The molecule has 0 aliphatic carbocycles. The summed E-state index contributed by atoms with van der Waals surface area (Å²) in [6, 6.07) is 17.5. The monoisotopic (exact) mass is 295 g/mol. The van der Waals surface area contributed by atoms with Crippen LogP contribution >= 0.6 is 0 Å². The summed E-state index contributed by atoms with van der Waals surface area (Å²) in [6.45, 7) is 0. The lowest BCUT2D eigenvalue weighted by Crippen LogP contribution is -1.99. The van der Waals surface area contributed by atoms with E-state index in [4.69, 9.17) is 9.15 Å². The van der Waals surface area contributed by atoms with E-state index < -0.39 is 6.10 Å². The Kier molecular flexibility index (Phi) is 4.51. The van der Waals surface area contributed by atoms with Crippen LogP contribution in [0.1, 0.15) is 24.0 Å². The van der Waals surface area contributed by atoms with Crippen molar-refractivity contribution in [1.29, 1.82) is 0 Å². The number of hydrogen-bond donors (Lipinski definition) is 1. The van der Waals surface area contributed by atoms with Gasteiger partial charge < -0.3 is 14.3 Å².